The number of benzene rings is 1. The molecule has 0 bridgehead atoms. The Bertz CT molecular complexity index is 444. The molecule has 3 rings (SSSR count). The van der Waals surface area contributed by atoms with Gasteiger partial charge < -0.3 is 5.32 Å². The molecule has 1 aromatic rings. The quantitative estimate of drug-likeness (QED) is 0.909. The van der Waals surface area contributed by atoms with Gasteiger partial charge in [0.1, 0.15) is 0 Å². The van der Waals surface area contributed by atoms with Gasteiger partial charge in [0.2, 0.25) is 5.91 Å². The number of carbonyl (C=O) groups excluding carboxylic acids is 1. The Morgan fingerprint density at radius 1 is 1.17 bits per heavy atom. The average Bonchev–Trinajstić information content (AvgIpc) is 3.04. The molecule has 0 spiro atoms. The summed E-state index contributed by atoms with van der Waals surface area (Å²) in [6, 6.07) is 8.73. The van der Waals surface area contributed by atoms with Crippen LogP contribution in [-0.2, 0) is 10.2 Å². The van der Waals surface area contributed by atoms with Crippen molar-refractivity contribution in [1.29, 1.82) is 0 Å². The normalized spacial score (nSPS) is 21.8. The molecule has 2 aliphatic carbocycles. The molecule has 96 valence electrons. The van der Waals surface area contributed by atoms with Crippen LogP contribution in [0.3, 0.4) is 0 Å². The molecule has 0 unspecified atom stereocenters. The van der Waals surface area contributed by atoms with Crippen molar-refractivity contribution in [3.63, 3.8) is 0 Å². The highest BCUT2D eigenvalue weighted by atomic mass is 79.9. The maximum Gasteiger partial charge on any atom is 0.230 e. The summed E-state index contributed by atoms with van der Waals surface area (Å²) >= 11 is 3.46. The van der Waals surface area contributed by atoms with Crippen LogP contribution in [0, 0.1) is 0 Å². The topological polar surface area (TPSA) is 29.1 Å². The van der Waals surface area contributed by atoms with E-state index in [0.29, 0.717) is 6.04 Å². The van der Waals surface area contributed by atoms with Gasteiger partial charge in [-0.25, -0.2) is 0 Å². The minimum Gasteiger partial charge on any atom is -0.353 e. The van der Waals surface area contributed by atoms with Gasteiger partial charge in [0, 0.05) is 10.5 Å². The van der Waals surface area contributed by atoms with E-state index in [9.17, 15) is 4.79 Å². The zero-order valence-corrected chi connectivity index (χ0v) is 12.0. The van der Waals surface area contributed by atoms with E-state index in [1.807, 2.05) is 12.1 Å². The van der Waals surface area contributed by atoms with Crippen molar-refractivity contribution in [2.75, 3.05) is 0 Å². The Morgan fingerprint density at radius 3 is 2.33 bits per heavy atom. The lowest BCUT2D eigenvalue weighted by Gasteiger charge is -2.28. The second kappa shape index (κ2) is 4.69. The first-order valence-corrected chi connectivity index (χ1v) is 7.57. The Labute approximate surface area is 116 Å². The zero-order valence-electron chi connectivity index (χ0n) is 10.4. The van der Waals surface area contributed by atoms with E-state index in [0.717, 1.165) is 43.0 Å². The van der Waals surface area contributed by atoms with Gasteiger partial charge in [0.25, 0.3) is 0 Å². The zero-order chi connectivity index (χ0) is 12.6. The summed E-state index contributed by atoms with van der Waals surface area (Å²) in [5.41, 5.74) is 0.921. The van der Waals surface area contributed by atoms with E-state index in [1.165, 1.54) is 5.56 Å². The van der Waals surface area contributed by atoms with Gasteiger partial charge in [-0.15, -0.1) is 0 Å². The summed E-state index contributed by atoms with van der Waals surface area (Å²) in [5, 5.41) is 3.20. The molecule has 2 aliphatic rings. The van der Waals surface area contributed by atoms with Gasteiger partial charge in [-0.1, -0.05) is 40.9 Å². The lowest BCUT2D eigenvalue weighted by molar-refractivity contribution is -0.126. The maximum absolute atomic E-state index is 12.6. The van der Waals surface area contributed by atoms with Crippen molar-refractivity contribution >= 4 is 21.8 Å². The summed E-state index contributed by atoms with van der Waals surface area (Å²) in [5.74, 6) is 0.254. The third-order valence-corrected chi connectivity index (χ3v) is 4.73. The summed E-state index contributed by atoms with van der Waals surface area (Å²) in [6.07, 6.45) is 6.62. The van der Waals surface area contributed by atoms with Gasteiger partial charge in [-0.05, 0) is 43.4 Å². The molecule has 2 fully saturated rings. The molecule has 18 heavy (non-hydrogen) atoms. The molecule has 1 N–H and O–H groups in total. The van der Waals surface area contributed by atoms with Crippen molar-refractivity contribution in [1.82, 2.24) is 5.32 Å². The van der Waals surface area contributed by atoms with Crippen molar-refractivity contribution in [2.24, 2.45) is 0 Å². The molecule has 0 aromatic heterocycles. The van der Waals surface area contributed by atoms with Crippen molar-refractivity contribution in [3.8, 4) is 0 Å². The SMILES string of the molecule is O=C(NC1CC1)C1(c2ccc(Br)cc2)CCCC1. The van der Waals surface area contributed by atoms with E-state index in [1.54, 1.807) is 0 Å². The van der Waals surface area contributed by atoms with Gasteiger partial charge in [0.05, 0.1) is 5.41 Å². The molecule has 0 heterocycles. The van der Waals surface area contributed by atoms with Crippen LogP contribution < -0.4 is 5.32 Å². The van der Waals surface area contributed by atoms with E-state index in [-0.39, 0.29) is 11.3 Å². The average molecular weight is 308 g/mol. The van der Waals surface area contributed by atoms with Gasteiger partial charge in [-0.3, -0.25) is 4.79 Å². The standard InChI is InChI=1S/C15H18BrNO/c16-12-5-3-11(4-6-12)15(9-1-2-10-15)14(18)17-13-7-8-13/h3-6,13H,1-2,7-10H2,(H,17,18). The van der Waals surface area contributed by atoms with Gasteiger partial charge >= 0.3 is 0 Å². The predicted molar refractivity (Wildman–Crippen MR) is 75.5 cm³/mol. The summed E-state index contributed by atoms with van der Waals surface area (Å²) in [6.45, 7) is 0. The number of carbonyl (C=O) groups is 1. The predicted octanol–water partition coefficient (Wildman–Crippen LogP) is 3.54. The molecular formula is C15H18BrNO. The molecule has 0 atom stereocenters. The third kappa shape index (κ3) is 2.20. The summed E-state index contributed by atoms with van der Waals surface area (Å²) in [4.78, 5) is 12.6. The molecule has 1 amide bonds. The largest absolute Gasteiger partial charge is 0.353 e. The molecular weight excluding hydrogens is 290 g/mol. The Hall–Kier alpha value is -0.830. The molecule has 0 saturated heterocycles. The molecule has 2 saturated carbocycles. The highest BCUT2D eigenvalue weighted by Crippen LogP contribution is 2.42. The number of hydrogen-bond donors (Lipinski definition) is 1. The maximum atomic E-state index is 12.6. The summed E-state index contributed by atoms with van der Waals surface area (Å²) in [7, 11) is 0. The van der Waals surface area contributed by atoms with E-state index >= 15 is 0 Å². The monoisotopic (exact) mass is 307 g/mol. The number of amides is 1. The van der Waals surface area contributed by atoms with Gasteiger partial charge in [-0.2, -0.15) is 0 Å². The smallest absolute Gasteiger partial charge is 0.230 e. The molecule has 0 aliphatic heterocycles. The molecule has 2 nitrogen and oxygen atoms in total. The van der Waals surface area contributed by atoms with Crippen LogP contribution in [-0.4, -0.2) is 11.9 Å². The number of nitrogens with one attached hydrogen (secondary N) is 1. The minimum absolute atomic E-state index is 0.254. The first-order chi connectivity index (χ1) is 8.71. The van der Waals surface area contributed by atoms with Gasteiger partial charge in [0.15, 0.2) is 0 Å². The van der Waals surface area contributed by atoms with Crippen LogP contribution >= 0.6 is 15.9 Å². The highest BCUT2D eigenvalue weighted by molar-refractivity contribution is 9.10. The van der Waals surface area contributed by atoms with Crippen molar-refractivity contribution in [3.05, 3.63) is 34.3 Å². The van der Waals surface area contributed by atoms with Crippen LogP contribution in [0.15, 0.2) is 28.7 Å². The second-order valence-electron chi connectivity index (χ2n) is 5.54. The minimum atomic E-state index is -0.261. The third-order valence-electron chi connectivity index (χ3n) is 4.20. The second-order valence-corrected chi connectivity index (χ2v) is 6.46. The first kappa shape index (κ1) is 12.2. The Kier molecular flexibility index (Phi) is 3.18. The lowest BCUT2D eigenvalue weighted by atomic mass is 9.78. The fourth-order valence-electron chi connectivity index (χ4n) is 2.95. The fourth-order valence-corrected chi connectivity index (χ4v) is 3.21. The fraction of sp³-hybridized carbons (Fsp3) is 0.533. The summed E-state index contributed by atoms with van der Waals surface area (Å²) < 4.78 is 1.07. The molecule has 1 aromatic carbocycles. The first-order valence-electron chi connectivity index (χ1n) is 6.78. The van der Waals surface area contributed by atoms with Crippen molar-refractivity contribution < 1.29 is 4.79 Å². The molecule has 3 heteroatoms. The number of hydrogen-bond acceptors (Lipinski definition) is 1. The van der Waals surface area contributed by atoms with Crippen molar-refractivity contribution in [2.45, 2.75) is 50.0 Å². The van der Waals surface area contributed by atoms with Crippen LogP contribution in [0.2, 0.25) is 0 Å². The lowest BCUT2D eigenvalue weighted by Crippen LogP contribution is -2.43. The number of halogens is 1. The highest BCUT2D eigenvalue weighted by Gasteiger charge is 2.44. The van der Waals surface area contributed by atoms with Crippen LogP contribution in [0.1, 0.15) is 44.1 Å². The van der Waals surface area contributed by atoms with E-state index in [4.69, 9.17) is 0 Å². The van der Waals surface area contributed by atoms with E-state index in [2.05, 4.69) is 33.4 Å². The Balaban J connectivity index is 1.89. The van der Waals surface area contributed by atoms with Crippen LogP contribution in [0.25, 0.3) is 0 Å². The van der Waals surface area contributed by atoms with E-state index < -0.39 is 0 Å². The molecule has 0 radical (unpaired) electrons. The Morgan fingerprint density at radius 2 is 1.78 bits per heavy atom. The number of rotatable bonds is 3. The van der Waals surface area contributed by atoms with Crippen LogP contribution in [0.5, 0.6) is 0 Å². The van der Waals surface area contributed by atoms with Crippen LogP contribution in [0.4, 0.5) is 0 Å².